The number of rotatable bonds is 4. The second kappa shape index (κ2) is 5.65. The van der Waals surface area contributed by atoms with Crippen molar-refractivity contribution < 1.29 is 13.9 Å². The van der Waals surface area contributed by atoms with Gasteiger partial charge in [0.2, 0.25) is 0 Å². The second-order valence-corrected chi connectivity index (χ2v) is 3.97. The van der Waals surface area contributed by atoms with Gasteiger partial charge in [-0.3, -0.25) is 0 Å². The topological polar surface area (TPSA) is 18.5 Å². The Bertz CT molecular complexity index is 521. The van der Waals surface area contributed by atoms with E-state index in [9.17, 15) is 4.39 Å². The van der Waals surface area contributed by atoms with E-state index in [1.807, 2.05) is 30.3 Å². The summed E-state index contributed by atoms with van der Waals surface area (Å²) >= 11 is 0. The predicted molar refractivity (Wildman–Crippen MR) is 69.1 cm³/mol. The Morgan fingerprint density at radius 1 is 0.944 bits per heavy atom. The smallest absolute Gasteiger partial charge is 0.129 e. The molecule has 0 N–H and O–H groups in total. The van der Waals surface area contributed by atoms with Crippen LogP contribution in [0.15, 0.2) is 42.5 Å². The Balaban J connectivity index is 2.30. The maximum atomic E-state index is 13.8. The first-order valence-corrected chi connectivity index (χ1v) is 5.66. The van der Waals surface area contributed by atoms with E-state index >= 15 is 0 Å². The van der Waals surface area contributed by atoms with Crippen LogP contribution in [0.4, 0.5) is 4.39 Å². The summed E-state index contributed by atoms with van der Waals surface area (Å²) in [5, 5.41) is 0. The lowest BCUT2D eigenvalue weighted by Crippen LogP contribution is -1.93. The van der Waals surface area contributed by atoms with Gasteiger partial charge >= 0.3 is 0 Å². The number of ether oxygens (including phenoxy) is 2. The minimum absolute atomic E-state index is 0.245. The molecule has 0 aliphatic rings. The van der Waals surface area contributed by atoms with Gasteiger partial charge in [-0.1, -0.05) is 24.3 Å². The molecule has 2 nitrogen and oxygen atoms in total. The van der Waals surface area contributed by atoms with E-state index in [1.165, 1.54) is 6.07 Å². The molecule has 3 heteroatoms. The van der Waals surface area contributed by atoms with Crippen LogP contribution in [0, 0.1) is 5.82 Å². The van der Waals surface area contributed by atoms with Crippen LogP contribution in [0.2, 0.25) is 0 Å². The molecule has 18 heavy (non-hydrogen) atoms. The van der Waals surface area contributed by atoms with E-state index in [4.69, 9.17) is 9.47 Å². The molecular formula is C15H15FO2. The van der Waals surface area contributed by atoms with E-state index in [2.05, 4.69) is 0 Å². The molecule has 0 spiro atoms. The van der Waals surface area contributed by atoms with Crippen LogP contribution < -0.4 is 4.74 Å². The van der Waals surface area contributed by atoms with Crippen LogP contribution >= 0.6 is 0 Å². The molecule has 0 atom stereocenters. The zero-order chi connectivity index (χ0) is 13.0. The summed E-state index contributed by atoms with van der Waals surface area (Å²) in [5.41, 5.74) is 2.36. The first-order valence-electron chi connectivity index (χ1n) is 5.66. The van der Waals surface area contributed by atoms with Crippen molar-refractivity contribution in [2.75, 3.05) is 14.2 Å². The highest BCUT2D eigenvalue weighted by atomic mass is 19.1. The summed E-state index contributed by atoms with van der Waals surface area (Å²) in [6, 6.07) is 12.7. The van der Waals surface area contributed by atoms with E-state index in [0.29, 0.717) is 5.56 Å². The summed E-state index contributed by atoms with van der Waals surface area (Å²) in [6.07, 6.45) is 0. The lowest BCUT2D eigenvalue weighted by Gasteiger charge is -2.07. The van der Waals surface area contributed by atoms with Crippen LogP contribution in [-0.2, 0) is 11.3 Å². The monoisotopic (exact) mass is 246 g/mol. The van der Waals surface area contributed by atoms with Crippen molar-refractivity contribution in [2.45, 2.75) is 6.61 Å². The van der Waals surface area contributed by atoms with Gasteiger partial charge in [0.05, 0.1) is 13.7 Å². The fourth-order valence-electron chi connectivity index (χ4n) is 1.78. The molecule has 0 heterocycles. The van der Waals surface area contributed by atoms with Crippen molar-refractivity contribution in [1.29, 1.82) is 0 Å². The summed E-state index contributed by atoms with van der Waals surface area (Å²) in [4.78, 5) is 0. The third-order valence-corrected chi connectivity index (χ3v) is 2.78. The lowest BCUT2D eigenvalue weighted by atomic mass is 10.0. The van der Waals surface area contributed by atoms with Gasteiger partial charge in [0.15, 0.2) is 0 Å². The molecule has 0 amide bonds. The molecule has 0 bridgehead atoms. The van der Waals surface area contributed by atoms with Crippen LogP contribution in [0.25, 0.3) is 11.1 Å². The van der Waals surface area contributed by atoms with Crippen LogP contribution in [-0.4, -0.2) is 14.2 Å². The number of methoxy groups -OCH3 is 2. The zero-order valence-electron chi connectivity index (χ0n) is 10.4. The van der Waals surface area contributed by atoms with E-state index in [-0.39, 0.29) is 12.4 Å². The molecule has 0 saturated carbocycles. The predicted octanol–water partition coefficient (Wildman–Crippen LogP) is 3.65. The summed E-state index contributed by atoms with van der Waals surface area (Å²) in [6.45, 7) is 0.286. The van der Waals surface area contributed by atoms with E-state index in [1.54, 1.807) is 20.3 Å². The molecule has 0 radical (unpaired) electrons. The molecule has 0 saturated heterocycles. The van der Waals surface area contributed by atoms with Gasteiger partial charge in [0, 0.05) is 12.7 Å². The lowest BCUT2D eigenvalue weighted by molar-refractivity contribution is 0.181. The third kappa shape index (κ3) is 2.68. The van der Waals surface area contributed by atoms with Crippen molar-refractivity contribution >= 4 is 0 Å². The van der Waals surface area contributed by atoms with Gasteiger partial charge in [-0.25, -0.2) is 4.39 Å². The van der Waals surface area contributed by atoms with E-state index < -0.39 is 0 Å². The largest absolute Gasteiger partial charge is 0.497 e. The first-order chi connectivity index (χ1) is 8.74. The first kappa shape index (κ1) is 12.6. The normalized spacial score (nSPS) is 10.4. The Morgan fingerprint density at radius 2 is 1.61 bits per heavy atom. The van der Waals surface area contributed by atoms with Gasteiger partial charge in [-0.2, -0.15) is 0 Å². The Hall–Kier alpha value is -1.87. The molecule has 2 aromatic rings. The van der Waals surface area contributed by atoms with Gasteiger partial charge in [0.1, 0.15) is 11.6 Å². The highest BCUT2D eigenvalue weighted by Gasteiger charge is 2.05. The summed E-state index contributed by atoms with van der Waals surface area (Å²) < 4.78 is 23.8. The number of benzene rings is 2. The molecule has 0 aliphatic carbocycles. The number of hydrogen-bond donors (Lipinski definition) is 0. The fraction of sp³-hybridized carbons (Fsp3) is 0.200. The fourth-order valence-corrected chi connectivity index (χ4v) is 1.78. The highest BCUT2D eigenvalue weighted by molar-refractivity contribution is 5.64. The number of halogens is 1. The molecule has 2 rings (SSSR count). The maximum absolute atomic E-state index is 13.8. The highest BCUT2D eigenvalue weighted by Crippen LogP contribution is 2.24. The Morgan fingerprint density at radius 3 is 2.17 bits per heavy atom. The molecular weight excluding hydrogens is 231 g/mol. The van der Waals surface area contributed by atoms with Crippen molar-refractivity contribution in [3.05, 3.63) is 53.8 Å². The summed E-state index contributed by atoms with van der Waals surface area (Å²) in [7, 11) is 3.17. The van der Waals surface area contributed by atoms with Crippen LogP contribution in [0.1, 0.15) is 5.56 Å². The minimum Gasteiger partial charge on any atom is -0.497 e. The quantitative estimate of drug-likeness (QED) is 0.819. The Kier molecular flexibility index (Phi) is 3.95. The van der Waals surface area contributed by atoms with Gasteiger partial charge in [-0.05, 0) is 29.3 Å². The molecule has 94 valence electrons. The SMILES string of the molecule is COCc1ccc(-c2ccc(OC)cc2)cc1F. The van der Waals surface area contributed by atoms with Crippen molar-refractivity contribution in [3.8, 4) is 16.9 Å². The zero-order valence-corrected chi connectivity index (χ0v) is 10.4. The standard InChI is InChI=1S/C15H15FO2/c1-17-10-13-4-3-12(9-15(13)16)11-5-7-14(18-2)8-6-11/h3-9H,10H2,1-2H3. The van der Waals surface area contributed by atoms with Crippen molar-refractivity contribution in [3.63, 3.8) is 0 Å². The molecule has 0 fully saturated rings. The van der Waals surface area contributed by atoms with Crippen molar-refractivity contribution in [2.24, 2.45) is 0 Å². The van der Waals surface area contributed by atoms with Gasteiger partial charge < -0.3 is 9.47 Å². The summed E-state index contributed by atoms with van der Waals surface area (Å²) in [5.74, 6) is 0.542. The Labute approximate surface area is 106 Å². The van der Waals surface area contributed by atoms with Crippen molar-refractivity contribution in [1.82, 2.24) is 0 Å². The maximum Gasteiger partial charge on any atom is 0.129 e. The minimum atomic E-state index is -0.245. The second-order valence-electron chi connectivity index (χ2n) is 3.97. The molecule has 0 aromatic heterocycles. The van der Waals surface area contributed by atoms with E-state index in [0.717, 1.165) is 16.9 Å². The van der Waals surface area contributed by atoms with Gasteiger partial charge in [0.25, 0.3) is 0 Å². The van der Waals surface area contributed by atoms with Crippen LogP contribution in [0.3, 0.4) is 0 Å². The number of hydrogen-bond acceptors (Lipinski definition) is 2. The van der Waals surface area contributed by atoms with Gasteiger partial charge in [-0.15, -0.1) is 0 Å². The third-order valence-electron chi connectivity index (χ3n) is 2.78. The molecule has 0 aliphatic heterocycles. The average Bonchev–Trinajstić information content (AvgIpc) is 2.41. The van der Waals surface area contributed by atoms with Crippen LogP contribution in [0.5, 0.6) is 5.75 Å². The molecule has 0 unspecified atom stereocenters. The average molecular weight is 246 g/mol. The molecule has 2 aromatic carbocycles.